The molecule has 0 saturated heterocycles. The molecule has 0 aliphatic heterocycles. The monoisotopic (exact) mass is 316 g/mol. The van der Waals surface area contributed by atoms with Crippen LogP contribution in [0.3, 0.4) is 0 Å². The minimum atomic E-state index is -3.75. The zero-order chi connectivity index (χ0) is 16.1. The molecule has 0 aliphatic rings. The molecule has 1 aromatic carbocycles. The molecular weight excluding hydrogens is 287 g/mol. The molecule has 0 bridgehead atoms. The Kier molecular flexibility index (Phi) is 11.6. The predicted molar refractivity (Wildman–Crippen MR) is 87.5 cm³/mol. The van der Waals surface area contributed by atoms with Gasteiger partial charge in [-0.3, -0.25) is 9.05 Å². The summed E-state index contributed by atoms with van der Waals surface area (Å²) in [5.74, 6) is 0. The summed E-state index contributed by atoms with van der Waals surface area (Å²) in [5, 5.41) is 0. The highest BCUT2D eigenvalue weighted by Crippen LogP contribution is 2.43. The van der Waals surface area contributed by atoms with Crippen molar-refractivity contribution in [1.82, 2.24) is 0 Å². The van der Waals surface area contributed by atoms with Crippen molar-refractivity contribution >= 4 is 7.82 Å². The van der Waals surface area contributed by atoms with E-state index >= 15 is 0 Å². The number of unbranched alkanes of at least 4 members (excludes halogenated alkanes) is 2. The molecule has 0 saturated carbocycles. The molecular formula is C16H29O4P. The van der Waals surface area contributed by atoms with Gasteiger partial charge in [0, 0.05) is 0 Å². The smallest absolute Gasteiger partial charge is 0.302 e. The molecule has 0 fully saturated rings. The van der Waals surface area contributed by atoms with E-state index < -0.39 is 7.82 Å². The van der Waals surface area contributed by atoms with Crippen molar-refractivity contribution in [1.29, 1.82) is 0 Å². The summed E-state index contributed by atoms with van der Waals surface area (Å²) in [6.07, 6.45) is 3.44. The van der Waals surface area contributed by atoms with E-state index in [2.05, 4.69) is 38.1 Å². The van der Waals surface area contributed by atoms with Gasteiger partial charge in [-0.1, -0.05) is 62.1 Å². The van der Waals surface area contributed by atoms with Gasteiger partial charge in [-0.25, -0.2) is 4.57 Å². The largest absolute Gasteiger partial charge is 0.472 e. The Morgan fingerprint density at radius 2 is 1.43 bits per heavy atom. The number of hydrogen-bond donors (Lipinski definition) is 1. The topological polar surface area (TPSA) is 55.8 Å². The summed E-state index contributed by atoms with van der Waals surface area (Å²) in [6, 6.07) is 8.45. The van der Waals surface area contributed by atoms with Crippen LogP contribution < -0.4 is 0 Å². The van der Waals surface area contributed by atoms with E-state index in [1.54, 1.807) is 0 Å². The number of phosphoric ester groups is 1. The van der Waals surface area contributed by atoms with Crippen LogP contribution in [-0.4, -0.2) is 18.1 Å². The van der Waals surface area contributed by atoms with Crippen molar-refractivity contribution in [3.63, 3.8) is 0 Å². The Balaban J connectivity index is 0.000000423. The van der Waals surface area contributed by atoms with Crippen LogP contribution in [-0.2, 0) is 13.6 Å². The van der Waals surface area contributed by atoms with Gasteiger partial charge in [0.2, 0.25) is 0 Å². The fourth-order valence-corrected chi connectivity index (χ4v) is 2.29. The van der Waals surface area contributed by atoms with Gasteiger partial charge >= 0.3 is 7.82 Å². The maximum atomic E-state index is 11.1. The lowest BCUT2D eigenvalue weighted by Gasteiger charge is -2.10. The van der Waals surface area contributed by atoms with Crippen molar-refractivity contribution < 1.29 is 18.5 Å². The van der Waals surface area contributed by atoms with Crippen molar-refractivity contribution in [2.24, 2.45) is 0 Å². The first-order chi connectivity index (χ1) is 9.91. The SMILES string of the molecule is CCCCOP(=O)(O)OCCCC.Cc1cccc(C)c1. The second-order valence-corrected chi connectivity index (χ2v) is 6.45. The fraction of sp³-hybridized carbons (Fsp3) is 0.625. The highest BCUT2D eigenvalue weighted by atomic mass is 31.2. The van der Waals surface area contributed by atoms with Gasteiger partial charge in [-0.2, -0.15) is 0 Å². The summed E-state index contributed by atoms with van der Waals surface area (Å²) >= 11 is 0. The molecule has 0 radical (unpaired) electrons. The predicted octanol–water partition coefficient (Wildman–Crippen LogP) is 5.02. The van der Waals surface area contributed by atoms with Crippen molar-refractivity contribution in [2.75, 3.05) is 13.2 Å². The molecule has 1 aromatic rings. The third-order valence-electron chi connectivity index (χ3n) is 2.68. The molecule has 0 atom stereocenters. The van der Waals surface area contributed by atoms with Gasteiger partial charge in [0.15, 0.2) is 0 Å². The minimum absolute atomic E-state index is 0.288. The molecule has 0 aliphatic carbocycles. The van der Waals surface area contributed by atoms with E-state index in [-0.39, 0.29) is 13.2 Å². The highest BCUT2D eigenvalue weighted by molar-refractivity contribution is 7.47. The van der Waals surface area contributed by atoms with Crippen LogP contribution in [0.1, 0.15) is 50.7 Å². The average molecular weight is 316 g/mol. The summed E-state index contributed by atoms with van der Waals surface area (Å²) in [5.41, 5.74) is 2.68. The van der Waals surface area contributed by atoms with Gasteiger partial charge in [-0.15, -0.1) is 0 Å². The van der Waals surface area contributed by atoms with Gasteiger partial charge in [-0.05, 0) is 26.7 Å². The quantitative estimate of drug-likeness (QED) is 0.540. The van der Waals surface area contributed by atoms with E-state index in [0.717, 1.165) is 25.7 Å². The molecule has 0 aromatic heterocycles. The Morgan fingerprint density at radius 1 is 1.00 bits per heavy atom. The summed E-state index contributed by atoms with van der Waals surface area (Å²) < 4.78 is 20.5. The van der Waals surface area contributed by atoms with E-state index in [9.17, 15) is 4.57 Å². The first-order valence-electron chi connectivity index (χ1n) is 7.56. The summed E-state index contributed by atoms with van der Waals surface area (Å²) in [4.78, 5) is 9.08. The molecule has 0 spiro atoms. The molecule has 0 unspecified atom stereocenters. The molecule has 5 heteroatoms. The number of benzene rings is 1. The van der Waals surface area contributed by atoms with Crippen LogP contribution >= 0.6 is 7.82 Å². The zero-order valence-electron chi connectivity index (χ0n) is 13.7. The molecule has 0 heterocycles. The first kappa shape index (κ1) is 20.3. The third-order valence-corrected chi connectivity index (χ3v) is 3.70. The molecule has 4 nitrogen and oxygen atoms in total. The van der Waals surface area contributed by atoms with Crippen LogP contribution in [0.25, 0.3) is 0 Å². The van der Waals surface area contributed by atoms with E-state index in [4.69, 9.17) is 13.9 Å². The standard InChI is InChI=1S/C8H19O4P.C8H10/c1-3-5-7-11-13(9,10)12-8-6-4-2;1-7-4-3-5-8(2)6-7/h3-8H2,1-2H3,(H,9,10);3-6H,1-2H3. The zero-order valence-corrected chi connectivity index (χ0v) is 14.6. The molecule has 0 amide bonds. The number of hydrogen-bond acceptors (Lipinski definition) is 3. The average Bonchev–Trinajstić information content (AvgIpc) is 2.39. The molecule has 122 valence electrons. The maximum Gasteiger partial charge on any atom is 0.472 e. The van der Waals surface area contributed by atoms with Crippen molar-refractivity contribution in [2.45, 2.75) is 53.4 Å². The van der Waals surface area contributed by atoms with Gasteiger partial charge in [0.25, 0.3) is 0 Å². The highest BCUT2D eigenvalue weighted by Gasteiger charge is 2.19. The fourth-order valence-electron chi connectivity index (χ4n) is 1.49. The number of rotatable bonds is 8. The van der Waals surface area contributed by atoms with E-state index in [0.29, 0.717) is 0 Å². The van der Waals surface area contributed by atoms with Crippen molar-refractivity contribution in [3.8, 4) is 0 Å². The van der Waals surface area contributed by atoms with Crippen LogP contribution in [0.15, 0.2) is 24.3 Å². The molecule has 1 N–H and O–H groups in total. The van der Waals surface area contributed by atoms with Gasteiger partial charge in [0.05, 0.1) is 13.2 Å². The van der Waals surface area contributed by atoms with E-state index in [1.165, 1.54) is 11.1 Å². The minimum Gasteiger partial charge on any atom is -0.302 e. The van der Waals surface area contributed by atoms with Gasteiger partial charge in [0.1, 0.15) is 0 Å². The molecule has 1 rings (SSSR count). The Bertz CT molecular complexity index is 389. The lowest BCUT2D eigenvalue weighted by molar-refractivity contribution is 0.146. The lowest BCUT2D eigenvalue weighted by atomic mass is 10.2. The van der Waals surface area contributed by atoms with Crippen LogP contribution in [0.4, 0.5) is 0 Å². The first-order valence-corrected chi connectivity index (χ1v) is 9.06. The second kappa shape index (κ2) is 11.9. The normalized spacial score (nSPS) is 10.9. The third kappa shape index (κ3) is 12.8. The number of aryl methyl sites for hydroxylation is 2. The number of phosphoric acid groups is 1. The van der Waals surface area contributed by atoms with Crippen molar-refractivity contribution in [3.05, 3.63) is 35.4 Å². The van der Waals surface area contributed by atoms with Crippen LogP contribution in [0.2, 0.25) is 0 Å². The summed E-state index contributed by atoms with van der Waals surface area (Å²) in [7, 11) is -3.75. The second-order valence-electron chi connectivity index (χ2n) is 5.00. The Hall–Kier alpha value is -0.670. The van der Waals surface area contributed by atoms with Crippen LogP contribution in [0, 0.1) is 13.8 Å². The lowest BCUT2D eigenvalue weighted by Crippen LogP contribution is -1.98. The van der Waals surface area contributed by atoms with E-state index in [1.807, 2.05) is 13.8 Å². The Labute approximate surface area is 129 Å². The Morgan fingerprint density at radius 3 is 1.71 bits per heavy atom. The van der Waals surface area contributed by atoms with Gasteiger partial charge < -0.3 is 4.89 Å². The molecule has 21 heavy (non-hydrogen) atoms. The van der Waals surface area contributed by atoms with Crippen LogP contribution in [0.5, 0.6) is 0 Å². The maximum absolute atomic E-state index is 11.1. The summed E-state index contributed by atoms with van der Waals surface area (Å²) in [6.45, 7) is 8.76.